The van der Waals surface area contributed by atoms with Crippen LogP contribution in [-0.2, 0) is 9.59 Å². The van der Waals surface area contributed by atoms with Gasteiger partial charge in [-0.25, -0.2) is 9.59 Å². The summed E-state index contributed by atoms with van der Waals surface area (Å²) in [5.74, 6) is -3.29. The van der Waals surface area contributed by atoms with Gasteiger partial charge < -0.3 is 24.7 Å². The Morgan fingerprint density at radius 3 is 2.19 bits per heavy atom. The van der Waals surface area contributed by atoms with Crippen LogP contribution in [-0.4, -0.2) is 82.8 Å². The van der Waals surface area contributed by atoms with Crippen molar-refractivity contribution < 1.29 is 29.5 Å². The quantitative estimate of drug-likeness (QED) is 0.308. The summed E-state index contributed by atoms with van der Waals surface area (Å²) in [5, 5.41) is 25.7. The molecule has 27 heavy (non-hydrogen) atoms. The van der Waals surface area contributed by atoms with Crippen LogP contribution in [0.1, 0.15) is 13.3 Å². The number of benzene rings is 1. The van der Waals surface area contributed by atoms with Crippen molar-refractivity contribution in [2.45, 2.75) is 13.3 Å². The van der Waals surface area contributed by atoms with Crippen molar-refractivity contribution in [2.24, 2.45) is 0 Å². The topological polar surface area (TPSA) is 133 Å². The maximum absolute atomic E-state index is 10.9. The predicted octanol–water partition coefficient (Wildman–Crippen LogP) is 1.16. The third kappa shape index (κ3) is 8.47. The minimum absolute atomic E-state index is 0.0362. The van der Waals surface area contributed by atoms with Gasteiger partial charge in [0.1, 0.15) is 0 Å². The summed E-state index contributed by atoms with van der Waals surface area (Å²) in [6, 6.07) is 6.53. The zero-order valence-corrected chi connectivity index (χ0v) is 15.2. The molecule has 10 heteroatoms. The molecular weight excluding hydrogens is 358 g/mol. The highest BCUT2D eigenvalue weighted by Gasteiger charge is 2.16. The van der Waals surface area contributed by atoms with Gasteiger partial charge in [-0.05, 0) is 19.0 Å². The lowest BCUT2D eigenvalue weighted by atomic mass is 10.3. The molecule has 1 fully saturated rings. The Morgan fingerprint density at radius 2 is 1.67 bits per heavy atom. The molecule has 10 nitrogen and oxygen atoms in total. The van der Waals surface area contributed by atoms with Gasteiger partial charge in [0.2, 0.25) is 0 Å². The van der Waals surface area contributed by atoms with Crippen LogP contribution in [0.5, 0.6) is 5.75 Å². The lowest BCUT2D eigenvalue weighted by Gasteiger charge is -2.33. The molecule has 0 aliphatic carbocycles. The number of aliphatic carboxylic acids is 2. The standard InChI is InChI=1S/C15H23N3O3.C2H2O4/c1-2-16-9-11-17(12-10-16)8-5-13-21-15-7-4-3-6-14(15)18(19)20;3-1(4)2(5)6/h3-4,6-7H,2,5,8-13H2,1H3;(H,3,4)(H,5,6). The monoisotopic (exact) mass is 383 g/mol. The number of piperazine rings is 1. The molecule has 150 valence electrons. The number of carboxylic acid groups (broad SMARTS) is 2. The number of carbonyl (C=O) groups is 2. The smallest absolute Gasteiger partial charge is 0.414 e. The van der Waals surface area contributed by atoms with Crippen LogP contribution in [0.2, 0.25) is 0 Å². The van der Waals surface area contributed by atoms with Crippen molar-refractivity contribution in [1.29, 1.82) is 0 Å². The van der Waals surface area contributed by atoms with Crippen LogP contribution in [0.3, 0.4) is 0 Å². The van der Waals surface area contributed by atoms with Crippen LogP contribution in [0.25, 0.3) is 0 Å². The molecule has 0 amide bonds. The van der Waals surface area contributed by atoms with Crippen molar-refractivity contribution in [3.63, 3.8) is 0 Å². The van der Waals surface area contributed by atoms with Crippen molar-refractivity contribution in [1.82, 2.24) is 9.80 Å². The van der Waals surface area contributed by atoms with E-state index in [4.69, 9.17) is 24.5 Å². The molecule has 1 heterocycles. The van der Waals surface area contributed by atoms with Crippen molar-refractivity contribution in [3.05, 3.63) is 34.4 Å². The molecule has 1 aromatic rings. The van der Waals surface area contributed by atoms with E-state index in [0.29, 0.717) is 12.4 Å². The minimum atomic E-state index is -1.82. The fraction of sp³-hybridized carbons (Fsp3) is 0.529. The van der Waals surface area contributed by atoms with Gasteiger partial charge in [-0.15, -0.1) is 0 Å². The van der Waals surface area contributed by atoms with Crippen LogP contribution >= 0.6 is 0 Å². The number of likely N-dealkylation sites (N-methyl/N-ethyl adjacent to an activating group) is 1. The third-order valence-electron chi connectivity index (χ3n) is 4.03. The first-order valence-corrected chi connectivity index (χ1v) is 8.62. The van der Waals surface area contributed by atoms with Gasteiger partial charge >= 0.3 is 17.6 Å². The molecule has 0 spiro atoms. The van der Waals surface area contributed by atoms with E-state index in [2.05, 4.69) is 16.7 Å². The largest absolute Gasteiger partial charge is 0.487 e. The van der Waals surface area contributed by atoms with E-state index in [1.807, 2.05) is 0 Å². The van der Waals surface area contributed by atoms with Gasteiger partial charge in [-0.1, -0.05) is 19.1 Å². The van der Waals surface area contributed by atoms with Gasteiger partial charge in [0.15, 0.2) is 5.75 Å². The maximum atomic E-state index is 10.9. The number of nitro groups is 1. The number of hydrogen-bond acceptors (Lipinski definition) is 7. The van der Waals surface area contributed by atoms with E-state index in [0.717, 1.165) is 45.7 Å². The molecular formula is C17H25N3O7. The fourth-order valence-electron chi connectivity index (χ4n) is 2.53. The summed E-state index contributed by atoms with van der Waals surface area (Å²) in [7, 11) is 0. The van der Waals surface area contributed by atoms with E-state index >= 15 is 0 Å². The summed E-state index contributed by atoms with van der Waals surface area (Å²) < 4.78 is 5.55. The predicted molar refractivity (Wildman–Crippen MR) is 97.0 cm³/mol. The second kappa shape index (κ2) is 11.8. The Labute approximate surface area is 157 Å². The van der Waals surface area contributed by atoms with Crippen LogP contribution in [0.15, 0.2) is 24.3 Å². The molecule has 1 saturated heterocycles. The first-order chi connectivity index (χ1) is 12.8. The summed E-state index contributed by atoms with van der Waals surface area (Å²) >= 11 is 0. The second-order valence-electron chi connectivity index (χ2n) is 5.81. The van der Waals surface area contributed by atoms with Crippen molar-refractivity contribution in [2.75, 3.05) is 45.9 Å². The highest BCUT2D eigenvalue weighted by atomic mass is 16.6. The van der Waals surface area contributed by atoms with Gasteiger partial charge in [0, 0.05) is 38.8 Å². The van der Waals surface area contributed by atoms with Crippen LogP contribution in [0, 0.1) is 10.1 Å². The summed E-state index contributed by atoms with van der Waals surface area (Å²) in [6.45, 7) is 9.25. The Balaban J connectivity index is 0.000000527. The molecule has 1 aliphatic heterocycles. The molecule has 0 atom stereocenters. The Hall–Kier alpha value is -2.72. The first kappa shape index (κ1) is 22.3. The van der Waals surface area contributed by atoms with Crippen molar-refractivity contribution in [3.8, 4) is 5.75 Å². The number of hydrogen-bond donors (Lipinski definition) is 2. The SMILES string of the molecule is CCN1CCN(CCCOc2ccccc2[N+](=O)[O-])CC1.O=C(O)C(=O)O. The number of rotatable bonds is 7. The van der Waals surface area contributed by atoms with E-state index in [-0.39, 0.29) is 5.69 Å². The van der Waals surface area contributed by atoms with E-state index in [1.165, 1.54) is 6.07 Å². The Bertz CT molecular complexity index is 619. The third-order valence-corrected chi connectivity index (χ3v) is 4.03. The van der Waals surface area contributed by atoms with E-state index in [9.17, 15) is 10.1 Å². The first-order valence-electron chi connectivity index (χ1n) is 8.62. The molecule has 0 aromatic heterocycles. The summed E-state index contributed by atoms with van der Waals surface area (Å²) in [4.78, 5) is 33.5. The molecule has 0 unspecified atom stereocenters. The minimum Gasteiger partial charge on any atom is -0.487 e. The van der Waals surface area contributed by atoms with Gasteiger partial charge in [-0.2, -0.15) is 0 Å². The van der Waals surface area contributed by atoms with Gasteiger partial charge in [-0.3, -0.25) is 10.1 Å². The average molecular weight is 383 g/mol. The molecule has 0 bridgehead atoms. The number of nitrogens with zero attached hydrogens (tertiary/aromatic N) is 3. The molecule has 0 radical (unpaired) electrons. The normalized spacial score (nSPS) is 14.7. The van der Waals surface area contributed by atoms with Gasteiger partial charge in [0.25, 0.3) is 0 Å². The number of carboxylic acids is 2. The van der Waals surface area contributed by atoms with Crippen LogP contribution in [0.4, 0.5) is 5.69 Å². The lowest BCUT2D eigenvalue weighted by Crippen LogP contribution is -2.46. The van der Waals surface area contributed by atoms with Crippen LogP contribution < -0.4 is 4.74 Å². The van der Waals surface area contributed by atoms with Gasteiger partial charge in [0.05, 0.1) is 11.5 Å². The highest BCUT2D eigenvalue weighted by Crippen LogP contribution is 2.25. The molecule has 1 aromatic carbocycles. The zero-order chi connectivity index (χ0) is 20.2. The Morgan fingerprint density at radius 1 is 1.11 bits per heavy atom. The average Bonchev–Trinajstić information content (AvgIpc) is 2.66. The summed E-state index contributed by atoms with van der Waals surface area (Å²) in [6.07, 6.45) is 0.887. The highest BCUT2D eigenvalue weighted by molar-refractivity contribution is 6.27. The molecule has 1 aliphatic rings. The number of nitro benzene ring substituents is 1. The fourth-order valence-corrected chi connectivity index (χ4v) is 2.53. The summed E-state index contributed by atoms with van der Waals surface area (Å²) in [5.41, 5.74) is 0.0362. The molecule has 2 rings (SSSR count). The molecule has 0 saturated carbocycles. The van der Waals surface area contributed by atoms with E-state index in [1.54, 1.807) is 18.2 Å². The number of ether oxygens (including phenoxy) is 1. The maximum Gasteiger partial charge on any atom is 0.414 e. The lowest BCUT2D eigenvalue weighted by molar-refractivity contribution is -0.385. The zero-order valence-electron chi connectivity index (χ0n) is 15.2. The Kier molecular flexibility index (Phi) is 9.76. The molecule has 2 N–H and O–H groups in total. The van der Waals surface area contributed by atoms with Crippen molar-refractivity contribution >= 4 is 17.6 Å². The second-order valence-corrected chi connectivity index (χ2v) is 5.81. The number of para-hydroxylation sites is 2. The van der Waals surface area contributed by atoms with E-state index < -0.39 is 16.9 Å².